The summed E-state index contributed by atoms with van der Waals surface area (Å²) < 4.78 is 13.6. The lowest BCUT2D eigenvalue weighted by Gasteiger charge is -2.09. The molecule has 23 heavy (non-hydrogen) atoms. The zero-order valence-corrected chi connectivity index (χ0v) is 12.9. The predicted molar refractivity (Wildman–Crippen MR) is 90.5 cm³/mol. The zero-order valence-electron chi connectivity index (χ0n) is 12.1. The van der Waals surface area contributed by atoms with Crippen molar-refractivity contribution in [3.05, 3.63) is 77.2 Å². The van der Waals surface area contributed by atoms with Gasteiger partial charge in [-0.3, -0.25) is 0 Å². The van der Waals surface area contributed by atoms with Gasteiger partial charge in [-0.2, -0.15) is 4.98 Å². The molecule has 1 heterocycles. The van der Waals surface area contributed by atoms with Crippen LogP contribution in [0.1, 0.15) is 5.56 Å². The molecule has 0 bridgehead atoms. The lowest BCUT2D eigenvalue weighted by molar-refractivity contribution is 0.613. The van der Waals surface area contributed by atoms with E-state index in [0.717, 1.165) is 5.69 Å². The molecule has 116 valence electrons. The number of anilines is 3. The third kappa shape index (κ3) is 3.96. The third-order valence-corrected chi connectivity index (χ3v) is 3.52. The Morgan fingerprint density at radius 3 is 2.61 bits per heavy atom. The summed E-state index contributed by atoms with van der Waals surface area (Å²) in [4.78, 5) is 8.49. The van der Waals surface area contributed by atoms with Crippen LogP contribution in [0.3, 0.4) is 0 Å². The Labute approximate surface area is 138 Å². The fourth-order valence-electron chi connectivity index (χ4n) is 2.03. The summed E-state index contributed by atoms with van der Waals surface area (Å²) in [7, 11) is 0. The molecule has 0 atom stereocenters. The number of nitrogens with zero attached hydrogens (tertiary/aromatic N) is 2. The lowest BCUT2D eigenvalue weighted by Crippen LogP contribution is -2.05. The van der Waals surface area contributed by atoms with Crippen LogP contribution in [0.5, 0.6) is 0 Å². The van der Waals surface area contributed by atoms with Gasteiger partial charge in [0.2, 0.25) is 5.95 Å². The number of aromatic nitrogens is 2. The van der Waals surface area contributed by atoms with Crippen molar-refractivity contribution in [2.45, 2.75) is 6.54 Å². The Bertz CT molecular complexity index is 810. The zero-order chi connectivity index (χ0) is 16.1. The van der Waals surface area contributed by atoms with E-state index in [1.54, 1.807) is 36.5 Å². The van der Waals surface area contributed by atoms with E-state index < -0.39 is 0 Å². The molecular weight excluding hydrogens is 315 g/mol. The van der Waals surface area contributed by atoms with E-state index in [2.05, 4.69) is 20.6 Å². The van der Waals surface area contributed by atoms with Crippen LogP contribution in [0.2, 0.25) is 5.02 Å². The summed E-state index contributed by atoms with van der Waals surface area (Å²) in [6.07, 6.45) is 1.62. The van der Waals surface area contributed by atoms with Gasteiger partial charge >= 0.3 is 0 Å². The Morgan fingerprint density at radius 2 is 1.78 bits per heavy atom. The highest BCUT2D eigenvalue weighted by molar-refractivity contribution is 6.33. The van der Waals surface area contributed by atoms with Crippen molar-refractivity contribution in [2.75, 3.05) is 10.6 Å². The van der Waals surface area contributed by atoms with Crippen LogP contribution in [0.4, 0.5) is 21.8 Å². The van der Waals surface area contributed by atoms with Gasteiger partial charge in [0.15, 0.2) is 0 Å². The molecule has 0 aliphatic heterocycles. The third-order valence-electron chi connectivity index (χ3n) is 3.19. The van der Waals surface area contributed by atoms with Crippen molar-refractivity contribution < 1.29 is 4.39 Å². The van der Waals surface area contributed by atoms with Crippen LogP contribution in [-0.2, 0) is 6.54 Å². The number of halogens is 2. The minimum absolute atomic E-state index is 0.247. The first kappa shape index (κ1) is 15.2. The Kier molecular flexibility index (Phi) is 4.68. The fourth-order valence-corrected chi connectivity index (χ4v) is 2.21. The summed E-state index contributed by atoms with van der Waals surface area (Å²) in [6, 6.07) is 15.7. The van der Waals surface area contributed by atoms with E-state index in [9.17, 15) is 4.39 Å². The first-order valence-corrected chi connectivity index (χ1v) is 7.42. The molecule has 3 rings (SSSR count). The van der Waals surface area contributed by atoms with E-state index in [1.807, 2.05) is 18.2 Å². The summed E-state index contributed by atoms with van der Waals surface area (Å²) in [5, 5.41) is 6.72. The lowest BCUT2D eigenvalue weighted by atomic mass is 10.2. The molecule has 1 aromatic heterocycles. The highest BCUT2D eigenvalue weighted by atomic mass is 35.5. The maximum absolute atomic E-state index is 13.6. The highest BCUT2D eigenvalue weighted by Crippen LogP contribution is 2.23. The molecule has 0 saturated heterocycles. The summed E-state index contributed by atoms with van der Waals surface area (Å²) >= 11 is 6.10. The molecule has 2 N–H and O–H groups in total. The van der Waals surface area contributed by atoms with E-state index >= 15 is 0 Å². The maximum atomic E-state index is 13.6. The molecule has 0 radical (unpaired) electrons. The van der Waals surface area contributed by atoms with E-state index in [-0.39, 0.29) is 5.82 Å². The van der Waals surface area contributed by atoms with Gasteiger partial charge < -0.3 is 10.6 Å². The molecular formula is C17H14ClFN4. The molecule has 0 aliphatic rings. The molecule has 0 unspecified atom stereocenters. The van der Waals surface area contributed by atoms with Crippen molar-refractivity contribution in [1.82, 2.24) is 9.97 Å². The number of rotatable bonds is 5. The molecule has 0 fully saturated rings. The van der Waals surface area contributed by atoms with Gasteiger partial charge in [0.25, 0.3) is 0 Å². The van der Waals surface area contributed by atoms with E-state index in [1.165, 1.54) is 6.07 Å². The first-order chi connectivity index (χ1) is 11.2. The quantitative estimate of drug-likeness (QED) is 0.717. The monoisotopic (exact) mass is 328 g/mol. The minimum Gasteiger partial charge on any atom is -0.366 e. The van der Waals surface area contributed by atoms with Crippen molar-refractivity contribution in [1.29, 1.82) is 0 Å². The van der Waals surface area contributed by atoms with Crippen LogP contribution < -0.4 is 10.6 Å². The number of hydrogen-bond donors (Lipinski definition) is 2. The summed E-state index contributed by atoms with van der Waals surface area (Å²) in [5.41, 5.74) is 1.30. The number of hydrogen-bond acceptors (Lipinski definition) is 4. The Hall–Kier alpha value is -2.66. The second kappa shape index (κ2) is 7.07. The first-order valence-electron chi connectivity index (χ1n) is 7.04. The van der Waals surface area contributed by atoms with Gasteiger partial charge in [-0.1, -0.05) is 41.9 Å². The number of benzene rings is 2. The molecule has 0 saturated carbocycles. The fraction of sp³-hybridized carbons (Fsp3) is 0.0588. The predicted octanol–water partition coefficient (Wildman–Crippen LogP) is 4.62. The van der Waals surface area contributed by atoms with Crippen LogP contribution in [0.15, 0.2) is 60.8 Å². The van der Waals surface area contributed by atoms with Gasteiger partial charge in [-0.05, 0) is 24.3 Å². The largest absolute Gasteiger partial charge is 0.366 e. The second-order valence-electron chi connectivity index (χ2n) is 4.82. The average Bonchev–Trinajstić information content (AvgIpc) is 2.57. The summed E-state index contributed by atoms with van der Waals surface area (Å²) in [6.45, 7) is 0.342. The van der Waals surface area contributed by atoms with Crippen molar-refractivity contribution in [3.8, 4) is 0 Å². The molecule has 2 aromatic carbocycles. The molecule has 4 nitrogen and oxygen atoms in total. The van der Waals surface area contributed by atoms with Gasteiger partial charge in [-0.25, -0.2) is 9.37 Å². The number of nitrogens with one attached hydrogen (secondary N) is 2. The van der Waals surface area contributed by atoms with Crippen LogP contribution in [-0.4, -0.2) is 9.97 Å². The highest BCUT2D eigenvalue weighted by Gasteiger charge is 2.04. The van der Waals surface area contributed by atoms with Crippen molar-refractivity contribution >= 4 is 29.1 Å². The molecule has 0 amide bonds. The smallest absolute Gasteiger partial charge is 0.229 e. The van der Waals surface area contributed by atoms with E-state index in [4.69, 9.17) is 11.6 Å². The maximum Gasteiger partial charge on any atom is 0.229 e. The standard InChI is InChI=1S/C17H14ClFN4/c18-13-6-2-4-8-15(13)22-17-20-10-9-16(23-17)21-11-12-5-1-3-7-14(12)19/h1-10H,11H2,(H2,20,21,22,23). The van der Waals surface area contributed by atoms with Gasteiger partial charge in [0.05, 0.1) is 10.7 Å². The number of para-hydroxylation sites is 1. The molecule has 0 spiro atoms. The van der Waals surface area contributed by atoms with Gasteiger partial charge in [0, 0.05) is 18.3 Å². The van der Waals surface area contributed by atoms with Crippen LogP contribution in [0.25, 0.3) is 0 Å². The Morgan fingerprint density at radius 1 is 1.00 bits per heavy atom. The molecule has 3 aromatic rings. The van der Waals surface area contributed by atoms with E-state index in [0.29, 0.717) is 28.9 Å². The van der Waals surface area contributed by atoms with Crippen molar-refractivity contribution in [2.24, 2.45) is 0 Å². The summed E-state index contributed by atoms with van der Waals surface area (Å²) in [5.74, 6) is 0.762. The molecule has 6 heteroatoms. The Balaban J connectivity index is 1.70. The van der Waals surface area contributed by atoms with Gasteiger partial charge in [-0.15, -0.1) is 0 Å². The normalized spacial score (nSPS) is 10.3. The topological polar surface area (TPSA) is 49.8 Å². The van der Waals surface area contributed by atoms with Crippen LogP contribution in [0, 0.1) is 5.82 Å². The van der Waals surface area contributed by atoms with Crippen molar-refractivity contribution in [3.63, 3.8) is 0 Å². The second-order valence-corrected chi connectivity index (χ2v) is 5.22. The molecule has 0 aliphatic carbocycles. The minimum atomic E-state index is -0.247. The average molecular weight is 329 g/mol. The SMILES string of the molecule is Fc1ccccc1CNc1ccnc(Nc2ccccc2Cl)n1. The van der Waals surface area contributed by atoms with Gasteiger partial charge in [0.1, 0.15) is 11.6 Å². The van der Waals surface area contributed by atoms with Crippen LogP contribution >= 0.6 is 11.6 Å².